The lowest BCUT2D eigenvalue weighted by Crippen LogP contribution is -2.41. The Morgan fingerprint density at radius 1 is 1.61 bits per heavy atom. The van der Waals surface area contributed by atoms with Crippen molar-refractivity contribution in [1.29, 1.82) is 0 Å². The number of hydrogen-bond acceptors (Lipinski definition) is 4. The van der Waals surface area contributed by atoms with E-state index in [1.165, 1.54) is 0 Å². The molecule has 0 bridgehead atoms. The lowest BCUT2D eigenvalue weighted by Gasteiger charge is -2.14. The highest BCUT2D eigenvalue weighted by atomic mass is 32.1. The molecule has 1 amide bonds. The first kappa shape index (κ1) is 15.0. The first-order valence-corrected chi connectivity index (χ1v) is 6.56. The third-order valence-electron chi connectivity index (χ3n) is 2.35. The highest BCUT2D eigenvalue weighted by Crippen LogP contribution is 2.11. The Morgan fingerprint density at radius 3 is 2.89 bits per heavy atom. The van der Waals surface area contributed by atoms with E-state index in [0.717, 1.165) is 10.7 Å². The first-order valence-electron chi connectivity index (χ1n) is 5.68. The summed E-state index contributed by atoms with van der Waals surface area (Å²) in [6.07, 6.45) is 1.51. The molecule has 0 spiro atoms. The molecule has 0 fully saturated rings. The number of carbonyl (C=O) groups is 1. The molecular weight excluding hydrogens is 260 g/mol. The monoisotopic (exact) mass is 277 g/mol. The van der Waals surface area contributed by atoms with Gasteiger partial charge in [0.05, 0.1) is 23.8 Å². The predicted molar refractivity (Wildman–Crippen MR) is 66.8 cm³/mol. The average molecular weight is 277 g/mol. The van der Waals surface area contributed by atoms with Gasteiger partial charge in [0, 0.05) is 11.8 Å². The fourth-order valence-electron chi connectivity index (χ4n) is 1.34. The Morgan fingerprint density at radius 2 is 2.33 bits per heavy atom. The zero-order valence-electron chi connectivity index (χ0n) is 10.2. The van der Waals surface area contributed by atoms with Gasteiger partial charge in [-0.05, 0) is 19.8 Å². The number of rotatable bonds is 7. The number of aryl methyl sites for hydroxylation is 2. The fourth-order valence-corrected chi connectivity index (χ4v) is 1.99. The zero-order valence-corrected chi connectivity index (χ0v) is 11.0. The van der Waals surface area contributed by atoms with E-state index in [0.29, 0.717) is 12.8 Å². The van der Waals surface area contributed by atoms with Gasteiger partial charge in [-0.3, -0.25) is 4.79 Å². The lowest BCUT2D eigenvalue weighted by molar-refractivity contribution is -0.122. The van der Waals surface area contributed by atoms with Crippen LogP contribution in [-0.4, -0.2) is 29.9 Å². The lowest BCUT2D eigenvalue weighted by atomic mass is 10.2. The van der Waals surface area contributed by atoms with Crippen molar-refractivity contribution >= 4 is 17.2 Å². The van der Waals surface area contributed by atoms with Crippen molar-refractivity contribution in [2.75, 3.05) is 13.1 Å². The molecule has 7 heteroatoms. The van der Waals surface area contributed by atoms with E-state index in [4.69, 9.17) is 5.73 Å². The number of thiazole rings is 1. The van der Waals surface area contributed by atoms with Crippen LogP contribution >= 0.6 is 11.3 Å². The van der Waals surface area contributed by atoms with Crippen molar-refractivity contribution in [3.05, 3.63) is 16.1 Å². The second kappa shape index (κ2) is 6.75. The Balaban J connectivity index is 2.18. The van der Waals surface area contributed by atoms with Crippen molar-refractivity contribution in [2.45, 2.75) is 32.1 Å². The highest BCUT2D eigenvalue weighted by Gasteiger charge is 2.26. The number of nitrogens with zero attached hydrogens (tertiary/aromatic N) is 1. The SMILES string of the molecule is Cc1nc(CCCC(=O)NCC(F)(F)CN)cs1. The minimum atomic E-state index is -3.03. The Bertz CT molecular complexity index is 395. The molecule has 1 heterocycles. The van der Waals surface area contributed by atoms with Crippen LogP contribution in [0.25, 0.3) is 0 Å². The molecule has 0 saturated heterocycles. The highest BCUT2D eigenvalue weighted by molar-refractivity contribution is 7.09. The van der Waals surface area contributed by atoms with Gasteiger partial charge in [0.2, 0.25) is 5.91 Å². The fraction of sp³-hybridized carbons (Fsp3) is 0.636. The van der Waals surface area contributed by atoms with Gasteiger partial charge in [0.15, 0.2) is 0 Å². The molecule has 0 radical (unpaired) electrons. The third-order valence-corrected chi connectivity index (χ3v) is 3.17. The molecule has 0 aliphatic heterocycles. The minimum Gasteiger partial charge on any atom is -0.350 e. The molecule has 0 atom stereocenters. The molecule has 18 heavy (non-hydrogen) atoms. The molecule has 3 N–H and O–H groups in total. The summed E-state index contributed by atoms with van der Waals surface area (Å²) in [4.78, 5) is 15.6. The molecule has 4 nitrogen and oxygen atoms in total. The number of hydrogen-bond donors (Lipinski definition) is 2. The van der Waals surface area contributed by atoms with E-state index < -0.39 is 19.0 Å². The standard InChI is InChI=1S/C11H17F2N3OS/c1-8-16-9(5-18-8)3-2-4-10(17)15-7-11(12,13)6-14/h5H,2-4,6-7,14H2,1H3,(H,15,17). The number of alkyl halides is 2. The molecule has 0 saturated carbocycles. The molecule has 1 aromatic rings. The van der Waals surface area contributed by atoms with E-state index >= 15 is 0 Å². The van der Waals surface area contributed by atoms with Crippen LogP contribution in [0.2, 0.25) is 0 Å². The zero-order chi connectivity index (χ0) is 13.6. The Hall–Kier alpha value is -1.08. The van der Waals surface area contributed by atoms with E-state index in [9.17, 15) is 13.6 Å². The van der Waals surface area contributed by atoms with Crippen molar-refractivity contribution in [2.24, 2.45) is 5.73 Å². The van der Waals surface area contributed by atoms with Crippen LogP contribution in [0.3, 0.4) is 0 Å². The van der Waals surface area contributed by atoms with Crippen molar-refractivity contribution in [3.63, 3.8) is 0 Å². The van der Waals surface area contributed by atoms with Gasteiger partial charge in [-0.1, -0.05) is 0 Å². The van der Waals surface area contributed by atoms with Crippen molar-refractivity contribution < 1.29 is 13.6 Å². The smallest absolute Gasteiger partial charge is 0.277 e. The second-order valence-corrected chi connectivity index (χ2v) is 5.11. The van der Waals surface area contributed by atoms with Crippen LogP contribution < -0.4 is 11.1 Å². The summed E-state index contributed by atoms with van der Waals surface area (Å²) in [5.41, 5.74) is 5.80. The van der Waals surface area contributed by atoms with E-state index in [1.54, 1.807) is 11.3 Å². The van der Waals surface area contributed by atoms with Crippen molar-refractivity contribution in [1.82, 2.24) is 10.3 Å². The summed E-state index contributed by atoms with van der Waals surface area (Å²) in [5.74, 6) is -3.41. The molecule has 0 unspecified atom stereocenters. The molecule has 102 valence electrons. The number of halogens is 2. The van der Waals surface area contributed by atoms with Gasteiger partial charge < -0.3 is 11.1 Å². The molecule has 0 aromatic carbocycles. The topological polar surface area (TPSA) is 68.0 Å². The van der Waals surface area contributed by atoms with Crippen LogP contribution in [0, 0.1) is 6.92 Å². The number of aromatic nitrogens is 1. The van der Waals surface area contributed by atoms with Gasteiger partial charge in [-0.15, -0.1) is 11.3 Å². The summed E-state index contributed by atoms with van der Waals surface area (Å²) < 4.78 is 25.5. The van der Waals surface area contributed by atoms with Gasteiger partial charge in [0.25, 0.3) is 5.92 Å². The van der Waals surface area contributed by atoms with Gasteiger partial charge in [-0.2, -0.15) is 0 Å². The molecule has 0 aliphatic rings. The number of carbonyl (C=O) groups excluding carboxylic acids is 1. The van der Waals surface area contributed by atoms with Crippen LogP contribution in [-0.2, 0) is 11.2 Å². The maximum atomic E-state index is 12.8. The number of nitrogens with two attached hydrogens (primary N) is 1. The quantitative estimate of drug-likeness (QED) is 0.793. The van der Waals surface area contributed by atoms with Crippen molar-refractivity contribution in [3.8, 4) is 0 Å². The largest absolute Gasteiger partial charge is 0.350 e. The number of amides is 1. The molecule has 1 rings (SSSR count). The average Bonchev–Trinajstić information content (AvgIpc) is 2.73. The Kier molecular flexibility index (Phi) is 5.61. The van der Waals surface area contributed by atoms with Gasteiger partial charge in [0.1, 0.15) is 0 Å². The summed E-state index contributed by atoms with van der Waals surface area (Å²) >= 11 is 1.56. The van der Waals surface area contributed by atoms with Gasteiger partial charge >= 0.3 is 0 Å². The minimum absolute atomic E-state index is 0.219. The van der Waals surface area contributed by atoms with Crippen LogP contribution in [0.1, 0.15) is 23.5 Å². The van der Waals surface area contributed by atoms with E-state index in [-0.39, 0.29) is 12.3 Å². The summed E-state index contributed by atoms with van der Waals surface area (Å²) in [6, 6.07) is 0. The second-order valence-electron chi connectivity index (χ2n) is 4.05. The number of nitrogens with one attached hydrogen (secondary N) is 1. The molecule has 1 aromatic heterocycles. The van der Waals surface area contributed by atoms with Crippen LogP contribution in [0.15, 0.2) is 5.38 Å². The summed E-state index contributed by atoms with van der Waals surface area (Å²) in [5, 5.41) is 5.10. The molecular formula is C11H17F2N3OS. The van der Waals surface area contributed by atoms with E-state index in [1.807, 2.05) is 12.3 Å². The maximum Gasteiger partial charge on any atom is 0.277 e. The normalized spacial score (nSPS) is 11.6. The van der Waals surface area contributed by atoms with Crippen LogP contribution in [0.5, 0.6) is 0 Å². The predicted octanol–water partition coefficient (Wildman–Crippen LogP) is 1.48. The van der Waals surface area contributed by atoms with Crippen LogP contribution in [0.4, 0.5) is 8.78 Å². The summed E-state index contributed by atoms with van der Waals surface area (Å²) in [6.45, 7) is 0.458. The third kappa shape index (κ3) is 5.50. The Labute approximate surface area is 109 Å². The molecule has 0 aliphatic carbocycles. The maximum absolute atomic E-state index is 12.8. The van der Waals surface area contributed by atoms with Gasteiger partial charge in [-0.25, -0.2) is 13.8 Å². The van der Waals surface area contributed by atoms with E-state index in [2.05, 4.69) is 10.3 Å². The summed E-state index contributed by atoms with van der Waals surface area (Å²) in [7, 11) is 0. The first-order chi connectivity index (χ1) is 8.43.